The van der Waals surface area contributed by atoms with Crippen LogP contribution in [0.5, 0.6) is 0 Å². The minimum Gasteiger partial charge on any atom is -0.381 e. The van der Waals surface area contributed by atoms with Crippen molar-refractivity contribution in [1.82, 2.24) is 4.98 Å². The van der Waals surface area contributed by atoms with Crippen molar-refractivity contribution in [3.05, 3.63) is 17.7 Å². The Labute approximate surface area is 106 Å². The normalized spacial score (nSPS) is 18.3. The maximum absolute atomic E-state index is 13.7. The van der Waals surface area contributed by atoms with Gasteiger partial charge in [0.2, 0.25) is 0 Å². The summed E-state index contributed by atoms with van der Waals surface area (Å²) in [4.78, 5) is 5.72. The molecule has 18 heavy (non-hydrogen) atoms. The summed E-state index contributed by atoms with van der Waals surface area (Å²) in [6.07, 6.45) is 3.12. The lowest BCUT2D eigenvalue weighted by atomic mass is 9.82. The van der Waals surface area contributed by atoms with Gasteiger partial charge in [0.15, 0.2) is 23.3 Å². The van der Waals surface area contributed by atoms with E-state index in [0.29, 0.717) is 0 Å². The molecule has 0 radical (unpaired) electrons. The summed E-state index contributed by atoms with van der Waals surface area (Å²) in [6, 6.07) is 0.815. The van der Waals surface area contributed by atoms with E-state index in [1.807, 2.05) is 4.90 Å². The predicted octanol–water partition coefficient (Wildman–Crippen LogP) is 2.96. The van der Waals surface area contributed by atoms with Gasteiger partial charge in [0.05, 0.1) is 0 Å². The summed E-state index contributed by atoms with van der Waals surface area (Å²) in [6.45, 7) is 5.80. The molecule has 5 heteroatoms. The van der Waals surface area contributed by atoms with Crippen LogP contribution in [0.3, 0.4) is 0 Å². The van der Waals surface area contributed by atoms with Gasteiger partial charge >= 0.3 is 0 Å². The molecule has 1 aromatic heterocycles. The lowest BCUT2D eigenvalue weighted by Gasteiger charge is -2.26. The van der Waals surface area contributed by atoms with E-state index in [4.69, 9.17) is 5.73 Å². The van der Waals surface area contributed by atoms with Gasteiger partial charge in [-0.15, -0.1) is 0 Å². The number of rotatable bonds is 3. The summed E-state index contributed by atoms with van der Waals surface area (Å²) >= 11 is 0. The van der Waals surface area contributed by atoms with E-state index in [1.165, 1.54) is 0 Å². The third kappa shape index (κ3) is 2.13. The first kappa shape index (κ1) is 13.1. The number of hydrogen-bond donors (Lipinski definition) is 1. The Morgan fingerprint density at radius 2 is 2.00 bits per heavy atom. The van der Waals surface area contributed by atoms with E-state index in [2.05, 4.69) is 18.8 Å². The Balaban J connectivity index is 2.27. The molecule has 0 bridgehead atoms. The molecule has 1 aromatic rings. The van der Waals surface area contributed by atoms with E-state index in [1.54, 1.807) is 0 Å². The molecule has 0 aromatic carbocycles. The minimum atomic E-state index is -0.798. The van der Waals surface area contributed by atoms with E-state index in [0.717, 1.165) is 38.4 Å². The van der Waals surface area contributed by atoms with Crippen LogP contribution in [0.4, 0.5) is 20.4 Å². The zero-order valence-corrected chi connectivity index (χ0v) is 10.8. The highest BCUT2D eigenvalue weighted by atomic mass is 19.1. The second kappa shape index (κ2) is 4.71. The molecule has 0 unspecified atom stereocenters. The first-order chi connectivity index (χ1) is 8.51. The average Bonchev–Trinajstić information content (AvgIpc) is 2.79. The van der Waals surface area contributed by atoms with E-state index in [-0.39, 0.29) is 17.1 Å². The molecule has 2 heterocycles. The molecule has 1 saturated heterocycles. The third-order valence-electron chi connectivity index (χ3n) is 4.18. The number of hydrogen-bond acceptors (Lipinski definition) is 3. The third-order valence-corrected chi connectivity index (χ3v) is 4.18. The zero-order chi connectivity index (χ0) is 13.3. The maximum atomic E-state index is 13.7. The molecule has 2 rings (SSSR count). The molecule has 2 N–H and O–H groups in total. The molecule has 100 valence electrons. The number of nitrogens with two attached hydrogens (primary N) is 1. The molecular formula is C13H19F2N3. The van der Waals surface area contributed by atoms with E-state index in [9.17, 15) is 8.78 Å². The Bertz CT molecular complexity index is 444. The van der Waals surface area contributed by atoms with Crippen molar-refractivity contribution in [3.8, 4) is 0 Å². The fourth-order valence-electron chi connectivity index (χ4n) is 2.64. The van der Waals surface area contributed by atoms with E-state index < -0.39 is 11.6 Å². The minimum absolute atomic E-state index is 0.178. The first-order valence-corrected chi connectivity index (χ1v) is 6.38. The lowest BCUT2D eigenvalue weighted by molar-refractivity contribution is 0.301. The Kier molecular flexibility index (Phi) is 3.41. The Morgan fingerprint density at radius 3 is 2.56 bits per heavy atom. The van der Waals surface area contributed by atoms with Crippen LogP contribution in [-0.4, -0.2) is 18.1 Å². The summed E-state index contributed by atoms with van der Waals surface area (Å²) in [7, 11) is 0. The summed E-state index contributed by atoms with van der Waals surface area (Å²) in [5, 5.41) is 0. The molecule has 0 spiro atoms. The number of pyridine rings is 1. The van der Waals surface area contributed by atoms with Gasteiger partial charge in [-0.25, -0.2) is 13.8 Å². The van der Waals surface area contributed by atoms with Crippen LogP contribution < -0.4 is 10.6 Å². The van der Waals surface area contributed by atoms with Crippen LogP contribution in [0.2, 0.25) is 0 Å². The highest BCUT2D eigenvalue weighted by Crippen LogP contribution is 2.39. The molecule has 0 amide bonds. The van der Waals surface area contributed by atoms with Crippen molar-refractivity contribution in [2.24, 2.45) is 5.41 Å². The Morgan fingerprint density at radius 1 is 1.33 bits per heavy atom. The van der Waals surface area contributed by atoms with Gasteiger partial charge in [0.1, 0.15) is 0 Å². The molecule has 1 aliphatic heterocycles. The SMILES string of the molecule is CCC1(CC)CCN(c2nc(N)c(F)cc2F)C1. The monoisotopic (exact) mass is 255 g/mol. The fraction of sp³-hybridized carbons (Fsp3) is 0.615. The lowest BCUT2D eigenvalue weighted by Crippen LogP contribution is -2.27. The van der Waals surface area contributed by atoms with Gasteiger partial charge in [-0.05, 0) is 24.7 Å². The summed E-state index contributed by atoms with van der Waals surface area (Å²) in [5.41, 5.74) is 5.63. The number of aromatic nitrogens is 1. The number of halogens is 2. The van der Waals surface area contributed by atoms with Gasteiger partial charge < -0.3 is 10.6 Å². The number of nitrogens with zero attached hydrogens (tertiary/aromatic N) is 2. The standard InChI is InChI=1S/C13H19F2N3/c1-3-13(4-2)5-6-18(8-13)12-10(15)7-9(14)11(16)17-12/h7H,3-6,8H2,1-2H3,(H2,16,17). The molecule has 3 nitrogen and oxygen atoms in total. The number of nitrogen functional groups attached to an aromatic ring is 1. The van der Waals surface area contributed by atoms with Gasteiger partial charge in [-0.1, -0.05) is 13.8 Å². The quantitative estimate of drug-likeness (QED) is 0.903. The van der Waals surface area contributed by atoms with E-state index >= 15 is 0 Å². The van der Waals surface area contributed by atoms with Crippen molar-refractivity contribution in [2.75, 3.05) is 23.7 Å². The molecule has 0 aliphatic carbocycles. The smallest absolute Gasteiger partial charge is 0.168 e. The van der Waals surface area contributed by atoms with Crippen LogP contribution >= 0.6 is 0 Å². The summed E-state index contributed by atoms with van der Waals surface area (Å²) < 4.78 is 26.8. The van der Waals surface area contributed by atoms with Crippen molar-refractivity contribution in [1.29, 1.82) is 0 Å². The fourth-order valence-corrected chi connectivity index (χ4v) is 2.64. The van der Waals surface area contributed by atoms with Gasteiger partial charge in [0.25, 0.3) is 0 Å². The maximum Gasteiger partial charge on any atom is 0.168 e. The van der Waals surface area contributed by atoms with Crippen molar-refractivity contribution >= 4 is 11.6 Å². The second-order valence-electron chi connectivity index (χ2n) is 5.04. The predicted molar refractivity (Wildman–Crippen MR) is 68.4 cm³/mol. The molecule has 0 atom stereocenters. The largest absolute Gasteiger partial charge is 0.381 e. The number of anilines is 2. The highest BCUT2D eigenvalue weighted by molar-refractivity contribution is 5.48. The van der Waals surface area contributed by atoms with Gasteiger partial charge in [0, 0.05) is 19.2 Å². The second-order valence-corrected chi connectivity index (χ2v) is 5.04. The molecule has 1 aliphatic rings. The molecular weight excluding hydrogens is 236 g/mol. The van der Waals surface area contributed by atoms with Crippen LogP contribution in [0, 0.1) is 17.0 Å². The van der Waals surface area contributed by atoms with Crippen molar-refractivity contribution in [2.45, 2.75) is 33.1 Å². The van der Waals surface area contributed by atoms with Crippen LogP contribution in [0.25, 0.3) is 0 Å². The van der Waals surface area contributed by atoms with Crippen LogP contribution in [-0.2, 0) is 0 Å². The summed E-state index contributed by atoms with van der Waals surface area (Å²) in [5.74, 6) is -1.49. The first-order valence-electron chi connectivity index (χ1n) is 6.38. The van der Waals surface area contributed by atoms with Crippen LogP contribution in [0.15, 0.2) is 6.07 Å². The molecule has 1 fully saturated rings. The Hall–Kier alpha value is -1.39. The highest BCUT2D eigenvalue weighted by Gasteiger charge is 2.36. The zero-order valence-electron chi connectivity index (χ0n) is 10.8. The molecule has 0 saturated carbocycles. The van der Waals surface area contributed by atoms with Gasteiger partial charge in [-0.2, -0.15) is 0 Å². The van der Waals surface area contributed by atoms with Gasteiger partial charge in [-0.3, -0.25) is 0 Å². The van der Waals surface area contributed by atoms with Crippen molar-refractivity contribution < 1.29 is 8.78 Å². The van der Waals surface area contributed by atoms with Crippen LogP contribution in [0.1, 0.15) is 33.1 Å². The topological polar surface area (TPSA) is 42.2 Å². The van der Waals surface area contributed by atoms with Crippen molar-refractivity contribution in [3.63, 3.8) is 0 Å². The average molecular weight is 255 g/mol.